The fraction of sp³-hybridized carbons (Fsp3) is 0.600. The molecule has 0 aliphatic rings. The second-order valence-electron chi connectivity index (χ2n) is 4.80. The minimum Gasteiger partial charge on any atom is -0.488 e. The van der Waals surface area contributed by atoms with Crippen LogP contribution >= 0.6 is 0 Å². The number of hydrogen-bond donors (Lipinski definition) is 1. The maximum Gasteiger partial charge on any atom is 0.126 e. The molecule has 0 aliphatic carbocycles. The molecule has 0 amide bonds. The third-order valence-electron chi connectivity index (χ3n) is 3.00. The molecule has 0 saturated carbocycles. The number of hydrogen-bond acceptors (Lipinski definition) is 3. The second-order valence-corrected chi connectivity index (χ2v) is 4.80. The Balaban J connectivity index is 3.02. The maximum atomic E-state index is 13.7. The van der Waals surface area contributed by atoms with E-state index in [0.717, 1.165) is 17.9 Å². The number of methoxy groups -OCH3 is 1. The average Bonchev–Trinajstić information content (AvgIpc) is 2.34. The van der Waals surface area contributed by atoms with E-state index in [-0.39, 0.29) is 18.0 Å². The van der Waals surface area contributed by atoms with Gasteiger partial charge in [-0.3, -0.25) is 0 Å². The van der Waals surface area contributed by atoms with Crippen LogP contribution in [0.15, 0.2) is 12.1 Å². The maximum absolute atomic E-state index is 13.7. The minimum absolute atomic E-state index is 0.0462. The normalized spacial score (nSPS) is 14.2. The molecule has 0 aromatic heterocycles. The number of halogens is 1. The highest BCUT2D eigenvalue weighted by Gasteiger charge is 2.16. The Labute approximate surface area is 115 Å². The average molecular weight is 269 g/mol. The molecule has 2 unspecified atom stereocenters. The Bertz CT molecular complexity index is 409. The Kier molecular flexibility index (Phi) is 6.25. The van der Waals surface area contributed by atoms with Crippen LogP contribution in [-0.4, -0.2) is 26.4 Å². The lowest BCUT2D eigenvalue weighted by atomic mass is 10.0. The Hall–Kier alpha value is -1.13. The topological polar surface area (TPSA) is 30.5 Å². The summed E-state index contributed by atoms with van der Waals surface area (Å²) in [6.45, 7) is 9.03. The summed E-state index contributed by atoms with van der Waals surface area (Å²) in [4.78, 5) is 0. The van der Waals surface area contributed by atoms with Crippen molar-refractivity contribution in [3.05, 3.63) is 29.1 Å². The molecule has 1 rings (SSSR count). The molecule has 1 aromatic carbocycles. The van der Waals surface area contributed by atoms with Gasteiger partial charge in [-0.2, -0.15) is 0 Å². The second kappa shape index (κ2) is 7.46. The number of rotatable bonds is 7. The van der Waals surface area contributed by atoms with Crippen molar-refractivity contribution < 1.29 is 13.9 Å². The van der Waals surface area contributed by atoms with Crippen molar-refractivity contribution >= 4 is 0 Å². The van der Waals surface area contributed by atoms with Crippen LogP contribution < -0.4 is 10.1 Å². The van der Waals surface area contributed by atoms with E-state index in [1.54, 1.807) is 26.2 Å². The van der Waals surface area contributed by atoms with Gasteiger partial charge in [0.25, 0.3) is 0 Å². The number of ether oxygens (including phenoxy) is 2. The van der Waals surface area contributed by atoms with Gasteiger partial charge in [-0.25, -0.2) is 4.39 Å². The molecular formula is C15H24FNO2. The number of aryl methyl sites for hydroxylation is 1. The van der Waals surface area contributed by atoms with Gasteiger partial charge in [-0.1, -0.05) is 6.92 Å². The lowest BCUT2D eigenvalue weighted by Crippen LogP contribution is -2.22. The van der Waals surface area contributed by atoms with Crippen LogP contribution in [0.5, 0.6) is 5.75 Å². The van der Waals surface area contributed by atoms with E-state index in [1.807, 2.05) is 20.8 Å². The van der Waals surface area contributed by atoms with Crippen molar-refractivity contribution in [1.82, 2.24) is 5.32 Å². The Morgan fingerprint density at radius 1 is 1.32 bits per heavy atom. The first-order chi connectivity index (χ1) is 8.99. The van der Waals surface area contributed by atoms with E-state index in [4.69, 9.17) is 9.47 Å². The van der Waals surface area contributed by atoms with E-state index in [9.17, 15) is 4.39 Å². The molecule has 19 heavy (non-hydrogen) atoms. The Morgan fingerprint density at radius 2 is 2.00 bits per heavy atom. The quantitative estimate of drug-likeness (QED) is 0.824. The van der Waals surface area contributed by atoms with Crippen molar-refractivity contribution in [2.24, 2.45) is 0 Å². The molecule has 0 spiro atoms. The summed E-state index contributed by atoms with van der Waals surface area (Å²) >= 11 is 0. The molecule has 1 aromatic rings. The van der Waals surface area contributed by atoms with Crippen LogP contribution in [0.2, 0.25) is 0 Å². The van der Waals surface area contributed by atoms with Crippen LogP contribution in [0.3, 0.4) is 0 Å². The van der Waals surface area contributed by atoms with E-state index in [2.05, 4.69) is 5.32 Å². The molecule has 0 saturated heterocycles. The molecule has 0 bridgehead atoms. The summed E-state index contributed by atoms with van der Waals surface area (Å²) < 4.78 is 24.7. The summed E-state index contributed by atoms with van der Waals surface area (Å²) in [5.74, 6) is 0.517. The van der Waals surface area contributed by atoms with Crippen LogP contribution in [0.25, 0.3) is 0 Å². The number of nitrogens with one attached hydrogen (secondary N) is 1. The monoisotopic (exact) mass is 269 g/mol. The zero-order valence-corrected chi connectivity index (χ0v) is 12.4. The van der Waals surface area contributed by atoms with E-state index in [0.29, 0.717) is 12.2 Å². The van der Waals surface area contributed by atoms with E-state index >= 15 is 0 Å². The van der Waals surface area contributed by atoms with Gasteiger partial charge in [-0.15, -0.1) is 0 Å². The predicted molar refractivity (Wildman–Crippen MR) is 75.2 cm³/mol. The lowest BCUT2D eigenvalue weighted by Gasteiger charge is -2.21. The summed E-state index contributed by atoms with van der Waals surface area (Å²) in [5.41, 5.74) is 1.43. The molecule has 4 heteroatoms. The third kappa shape index (κ3) is 4.48. The molecule has 0 aliphatic heterocycles. The van der Waals surface area contributed by atoms with Crippen molar-refractivity contribution in [3.8, 4) is 5.75 Å². The molecule has 0 fully saturated rings. The standard InChI is InChI=1S/C15H24FNO2/c1-6-17-12(4)13-8-14(16)10(2)7-15(13)19-11(3)9-18-5/h7-8,11-12,17H,6,9H2,1-5H3. The smallest absolute Gasteiger partial charge is 0.126 e. The summed E-state index contributed by atoms with van der Waals surface area (Å²) in [7, 11) is 1.64. The van der Waals surface area contributed by atoms with E-state index in [1.165, 1.54) is 0 Å². The molecule has 3 nitrogen and oxygen atoms in total. The first-order valence-corrected chi connectivity index (χ1v) is 6.68. The van der Waals surface area contributed by atoms with Gasteiger partial charge in [0, 0.05) is 18.7 Å². The van der Waals surface area contributed by atoms with E-state index < -0.39 is 0 Å². The van der Waals surface area contributed by atoms with Crippen LogP contribution in [0.1, 0.15) is 37.9 Å². The highest BCUT2D eigenvalue weighted by atomic mass is 19.1. The van der Waals surface area contributed by atoms with Crippen LogP contribution in [0, 0.1) is 12.7 Å². The SMILES string of the molecule is CCNC(C)c1cc(F)c(C)cc1OC(C)COC. The van der Waals surface area contributed by atoms with Crippen molar-refractivity contribution in [2.75, 3.05) is 20.3 Å². The fourth-order valence-electron chi connectivity index (χ4n) is 2.01. The largest absolute Gasteiger partial charge is 0.488 e. The molecular weight excluding hydrogens is 245 g/mol. The lowest BCUT2D eigenvalue weighted by molar-refractivity contribution is 0.0909. The van der Waals surface area contributed by atoms with Gasteiger partial charge >= 0.3 is 0 Å². The van der Waals surface area contributed by atoms with Gasteiger partial charge in [0.1, 0.15) is 17.7 Å². The first-order valence-electron chi connectivity index (χ1n) is 6.68. The fourth-order valence-corrected chi connectivity index (χ4v) is 2.01. The highest BCUT2D eigenvalue weighted by molar-refractivity contribution is 5.40. The molecule has 108 valence electrons. The first kappa shape index (κ1) is 15.9. The van der Waals surface area contributed by atoms with Crippen molar-refractivity contribution in [2.45, 2.75) is 39.8 Å². The van der Waals surface area contributed by atoms with Crippen LogP contribution in [-0.2, 0) is 4.74 Å². The van der Waals surface area contributed by atoms with Crippen LogP contribution in [0.4, 0.5) is 4.39 Å². The van der Waals surface area contributed by atoms with Gasteiger partial charge < -0.3 is 14.8 Å². The van der Waals surface area contributed by atoms with Gasteiger partial charge in [0.2, 0.25) is 0 Å². The summed E-state index contributed by atoms with van der Waals surface area (Å²) in [5, 5.41) is 3.28. The zero-order valence-electron chi connectivity index (χ0n) is 12.4. The zero-order chi connectivity index (χ0) is 14.4. The van der Waals surface area contributed by atoms with Gasteiger partial charge in [0.05, 0.1) is 6.61 Å². The molecule has 1 N–H and O–H groups in total. The molecule has 0 radical (unpaired) electrons. The molecule has 2 atom stereocenters. The third-order valence-corrected chi connectivity index (χ3v) is 3.00. The van der Waals surface area contributed by atoms with Crippen molar-refractivity contribution in [1.29, 1.82) is 0 Å². The molecule has 0 heterocycles. The minimum atomic E-state index is -0.202. The van der Waals surface area contributed by atoms with Gasteiger partial charge in [-0.05, 0) is 45.0 Å². The highest BCUT2D eigenvalue weighted by Crippen LogP contribution is 2.29. The summed E-state index contributed by atoms with van der Waals surface area (Å²) in [6.07, 6.45) is -0.0672. The summed E-state index contributed by atoms with van der Waals surface area (Å²) in [6, 6.07) is 3.35. The van der Waals surface area contributed by atoms with Gasteiger partial charge in [0.15, 0.2) is 0 Å². The Morgan fingerprint density at radius 3 is 2.58 bits per heavy atom. The van der Waals surface area contributed by atoms with Crippen molar-refractivity contribution in [3.63, 3.8) is 0 Å². The predicted octanol–water partition coefficient (Wildman–Crippen LogP) is 3.22. The number of benzene rings is 1.